The van der Waals surface area contributed by atoms with Gasteiger partial charge in [-0.2, -0.15) is 4.52 Å². The molecule has 1 fully saturated rings. The highest BCUT2D eigenvalue weighted by atomic mass is 16.4. The molecule has 1 saturated carbocycles. The highest BCUT2D eigenvalue weighted by Gasteiger charge is 2.39. The zero-order valence-electron chi connectivity index (χ0n) is 11.0. The van der Waals surface area contributed by atoms with Gasteiger partial charge in [0.05, 0.1) is 17.8 Å². The second-order valence-corrected chi connectivity index (χ2v) is 5.24. The Hall–Kier alpha value is -2.25. The van der Waals surface area contributed by atoms with Crippen molar-refractivity contribution in [3.63, 3.8) is 0 Å². The maximum atomic E-state index is 11.6. The average Bonchev–Trinajstić information content (AvgIpc) is 2.95. The number of anilines is 1. The fraction of sp³-hybridized carbons (Fsp3) is 0.583. The zero-order chi connectivity index (χ0) is 14.0. The number of nitrogens with zero attached hydrogens (tertiary/aromatic N) is 5. The summed E-state index contributed by atoms with van der Waals surface area (Å²) in [7, 11) is 0. The van der Waals surface area contributed by atoms with Gasteiger partial charge >= 0.3 is 5.97 Å². The number of carboxylic acids is 1. The van der Waals surface area contributed by atoms with Crippen molar-refractivity contribution < 1.29 is 9.90 Å². The Morgan fingerprint density at radius 2 is 2.15 bits per heavy atom. The summed E-state index contributed by atoms with van der Waals surface area (Å²) in [6.07, 6.45) is 7.59. The van der Waals surface area contributed by atoms with Gasteiger partial charge in [0.2, 0.25) is 0 Å². The van der Waals surface area contributed by atoms with Crippen molar-refractivity contribution in [3.05, 3.63) is 12.4 Å². The standard InChI is InChI=1S/C12H16N6O2/c19-11(20)12(4-2-1-3-5-12)8-14-9-6-13-7-10-15-16-17-18(9)10/h6-7,14H,1-5,8H2,(H,19,20). The third-order valence-corrected chi connectivity index (χ3v) is 3.98. The van der Waals surface area contributed by atoms with Crippen molar-refractivity contribution in [1.82, 2.24) is 25.0 Å². The molecule has 2 heterocycles. The number of carbonyl (C=O) groups is 1. The molecule has 0 spiro atoms. The Morgan fingerprint density at radius 1 is 1.35 bits per heavy atom. The molecule has 0 bridgehead atoms. The molecule has 3 rings (SSSR count). The number of hydrogen-bond donors (Lipinski definition) is 2. The summed E-state index contributed by atoms with van der Waals surface area (Å²) < 4.78 is 1.52. The predicted molar refractivity (Wildman–Crippen MR) is 70.2 cm³/mol. The van der Waals surface area contributed by atoms with Gasteiger partial charge in [-0.15, -0.1) is 5.10 Å². The summed E-state index contributed by atoms with van der Waals surface area (Å²) in [6.45, 7) is 0.364. The van der Waals surface area contributed by atoms with E-state index >= 15 is 0 Å². The lowest BCUT2D eigenvalue weighted by molar-refractivity contribution is -0.150. The van der Waals surface area contributed by atoms with Crippen molar-refractivity contribution in [3.8, 4) is 0 Å². The molecule has 0 saturated heterocycles. The predicted octanol–water partition coefficient (Wildman–Crippen LogP) is 0.966. The van der Waals surface area contributed by atoms with Gasteiger partial charge in [-0.05, 0) is 23.3 Å². The van der Waals surface area contributed by atoms with E-state index in [1.54, 1.807) is 12.4 Å². The smallest absolute Gasteiger partial charge is 0.311 e. The first kappa shape index (κ1) is 12.8. The summed E-state index contributed by atoms with van der Waals surface area (Å²) in [6, 6.07) is 0. The van der Waals surface area contributed by atoms with Gasteiger partial charge in [-0.3, -0.25) is 9.78 Å². The summed E-state index contributed by atoms with van der Waals surface area (Å²) >= 11 is 0. The number of hydrogen-bond acceptors (Lipinski definition) is 6. The van der Waals surface area contributed by atoms with Crippen LogP contribution < -0.4 is 5.32 Å². The lowest BCUT2D eigenvalue weighted by Gasteiger charge is -2.33. The summed E-state index contributed by atoms with van der Waals surface area (Å²) in [5, 5.41) is 23.9. The van der Waals surface area contributed by atoms with Crippen LogP contribution in [0, 0.1) is 5.41 Å². The third-order valence-electron chi connectivity index (χ3n) is 3.98. The van der Waals surface area contributed by atoms with E-state index in [9.17, 15) is 9.90 Å². The van der Waals surface area contributed by atoms with Crippen LogP contribution in [0.5, 0.6) is 0 Å². The fourth-order valence-electron chi connectivity index (χ4n) is 2.75. The lowest BCUT2D eigenvalue weighted by atomic mass is 9.74. The van der Waals surface area contributed by atoms with E-state index in [-0.39, 0.29) is 0 Å². The largest absolute Gasteiger partial charge is 0.481 e. The Bertz CT molecular complexity index is 619. The maximum Gasteiger partial charge on any atom is 0.311 e. The van der Waals surface area contributed by atoms with E-state index in [1.165, 1.54) is 4.52 Å². The molecule has 0 amide bonds. The van der Waals surface area contributed by atoms with E-state index in [0.29, 0.717) is 30.9 Å². The molecule has 0 unspecified atom stereocenters. The van der Waals surface area contributed by atoms with Gasteiger partial charge in [-0.1, -0.05) is 19.3 Å². The molecule has 20 heavy (non-hydrogen) atoms. The van der Waals surface area contributed by atoms with Crippen LogP contribution in [0.25, 0.3) is 5.65 Å². The van der Waals surface area contributed by atoms with Crippen LogP contribution in [-0.2, 0) is 4.79 Å². The molecule has 0 aromatic carbocycles. The van der Waals surface area contributed by atoms with E-state index in [0.717, 1.165) is 19.3 Å². The van der Waals surface area contributed by atoms with Gasteiger partial charge in [0.25, 0.3) is 0 Å². The molecule has 2 aromatic heterocycles. The quantitative estimate of drug-likeness (QED) is 0.856. The Kier molecular flexibility index (Phi) is 3.21. The minimum atomic E-state index is -0.735. The molecule has 0 atom stereocenters. The van der Waals surface area contributed by atoms with Crippen LogP contribution in [-0.4, -0.2) is 42.6 Å². The summed E-state index contributed by atoms with van der Waals surface area (Å²) in [5.41, 5.74) is -0.169. The van der Waals surface area contributed by atoms with Crippen LogP contribution in [0.4, 0.5) is 5.82 Å². The molecule has 1 aliphatic rings. The number of carboxylic acid groups (broad SMARTS) is 1. The highest BCUT2D eigenvalue weighted by Crippen LogP contribution is 2.36. The molecule has 0 radical (unpaired) electrons. The minimum Gasteiger partial charge on any atom is -0.481 e. The second-order valence-electron chi connectivity index (χ2n) is 5.24. The fourth-order valence-corrected chi connectivity index (χ4v) is 2.75. The van der Waals surface area contributed by atoms with Crippen LogP contribution in [0.2, 0.25) is 0 Å². The molecule has 106 valence electrons. The van der Waals surface area contributed by atoms with E-state index < -0.39 is 11.4 Å². The topological polar surface area (TPSA) is 105 Å². The van der Waals surface area contributed by atoms with Gasteiger partial charge in [-0.25, -0.2) is 0 Å². The van der Waals surface area contributed by atoms with Crippen LogP contribution in [0.1, 0.15) is 32.1 Å². The molecule has 8 heteroatoms. The number of nitrogens with one attached hydrogen (secondary N) is 1. The first-order valence-corrected chi connectivity index (χ1v) is 6.71. The summed E-state index contributed by atoms with van der Waals surface area (Å²) in [4.78, 5) is 15.7. The molecule has 1 aliphatic carbocycles. The number of tetrazole rings is 1. The molecule has 2 aromatic rings. The zero-order valence-corrected chi connectivity index (χ0v) is 11.0. The van der Waals surface area contributed by atoms with Gasteiger partial charge in [0.15, 0.2) is 5.65 Å². The van der Waals surface area contributed by atoms with Crippen molar-refractivity contribution in [2.75, 3.05) is 11.9 Å². The van der Waals surface area contributed by atoms with E-state index in [1.807, 2.05) is 0 Å². The molecule has 8 nitrogen and oxygen atoms in total. The Balaban J connectivity index is 1.80. The first-order valence-electron chi connectivity index (χ1n) is 6.71. The maximum absolute atomic E-state index is 11.6. The SMILES string of the molecule is O=C(O)C1(CNc2cncc3nnnn23)CCCCC1. The molecule has 0 aliphatic heterocycles. The Labute approximate surface area is 115 Å². The van der Waals surface area contributed by atoms with Gasteiger partial charge in [0, 0.05) is 6.54 Å². The molecular formula is C12H16N6O2. The van der Waals surface area contributed by atoms with Crippen molar-refractivity contribution in [1.29, 1.82) is 0 Å². The van der Waals surface area contributed by atoms with Crippen molar-refractivity contribution in [2.24, 2.45) is 5.41 Å². The molecule has 2 N–H and O–H groups in total. The minimum absolute atomic E-state index is 0.364. The van der Waals surface area contributed by atoms with Crippen molar-refractivity contribution in [2.45, 2.75) is 32.1 Å². The lowest BCUT2D eigenvalue weighted by Crippen LogP contribution is -2.40. The Morgan fingerprint density at radius 3 is 2.90 bits per heavy atom. The number of aliphatic carboxylic acids is 1. The second kappa shape index (κ2) is 5.03. The highest BCUT2D eigenvalue weighted by molar-refractivity contribution is 5.75. The van der Waals surface area contributed by atoms with E-state index in [4.69, 9.17) is 0 Å². The van der Waals surface area contributed by atoms with Crippen LogP contribution in [0.3, 0.4) is 0 Å². The average molecular weight is 276 g/mol. The normalized spacial score (nSPS) is 18.0. The van der Waals surface area contributed by atoms with Crippen LogP contribution in [0.15, 0.2) is 12.4 Å². The molecular weight excluding hydrogens is 260 g/mol. The monoisotopic (exact) mass is 276 g/mol. The van der Waals surface area contributed by atoms with Gasteiger partial charge < -0.3 is 10.4 Å². The summed E-state index contributed by atoms with van der Waals surface area (Å²) in [5.74, 6) is -0.125. The van der Waals surface area contributed by atoms with Crippen molar-refractivity contribution >= 4 is 17.4 Å². The number of aromatic nitrogens is 5. The third kappa shape index (κ3) is 2.17. The van der Waals surface area contributed by atoms with Crippen LogP contribution >= 0.6 is 0 Å². The van der Waals surface area contributed by atoms with E-state index in [2.05, 4.69) is 25.8 Å². The number of rotatable bonds is 4. The van der Waals surface area contributed by atoms with Gasteiger partial charge in [0.1, 0.15) is 5.82 Å². The first-order chi connectivity index (χ1) is 9.71. The number of fused-ring (bicyclic) bond motifs is 1.